The van der Waals surface area contributed by atoms with Gasteiger partial charge in [0.1, 0.15) is 12.4 Å². The van der Waals surface area contributed by atoms with E-state index in [4.69, 9.17) is 10.5 Å². The molecule has 6 nitrogen and oxygen atoms in total. The van der Waals surface area contributed by atoms with E-state index in [-0.39, 0.29) is 5.91 Å². The summed E-state index contributed by atoms with van der Waals surface area (Å²) in [6, 6.07) is 13.2. The van der Waals surface area contributed by atoms with Crippen molar-refractivity contribution < 1.29 is 9.53 Å². The van der Waals surface area contributed by atoms with Crippen LogP contribution in [0.2, 0.25) is 0 Å². The lowest BCUT2D eigenvalue weighted by Crippen LogP contribution is -2.23. The number of nitrogens with zero attached hydrogens (tertiary/aromatic N) is 1. The molecule has 0 bridgehead atoms. The first-order chi connectivity index (χ1) is 11.9. The number of ether oxygens (including phenoxy) is 1. The minimum Gasteiger partial charge on any atom is -0.492 e. The minimum atomic E-state index is -0.119. The van der Waals surface area contributed by atoms with Crippen LogP contribution in [0.3, 0.4) is 0 Å². The molecule has 0 fully saturated rings. The van der Waals surface area contributed by atoms with Gasteiger partial charge in [-0.25, -0.2) is 4.99 Å². The highest BCUT2D eigenvalue weighted by atomic mass is 16.5. The Balaban J connectivity index is 1.82. The molecular formula is C19H24N4O2. The standard InChI is InChI=1S/C19H24N4O2/c1-13-7-8-17(11-14(13)2)23-19(20)21-9-10-25-18-6-4-5-16(12-18)22-15(3)24/h4-8,11-12H,9-10H2,1-3H3,(H,22,24)(H3,20,21,23). The lowest BCUT2D eigenvalue weighted by Gasteiger charge is -2.09. The zero-order valence-corrected chi connectivity index (χ0v) is 14.8. The predicted octanol–water partition coefficient (Wildman–Crippen LogP) is 3.07. The molecule has 0 aliphatic carbocycles. The van der Waals surface area contributed by atoms with Crippen LogP contribution in [0, 0.1) is 13.8 Å². The number of nitrogens with two attached hydrogens (primary N) is 1. The van der Waals surface area contributed by atoms with Gasteiger partial charge in [-0.05, 0) is 49.2 Å². The molecule has 1 amide bonds. The molecule has 0 aromatic heterocycles. The van der Waals surface area contributed by atoms with Crippen LogP contribution < -0.4 is 21.1 Å². The Morgan fingerprint density at radius 3 is 2.56 bits per heavy atom. The van der Waals surface area contributed by atoms with Crippen molar-refractivity contribution in [3.8, 4) is 5.75 Å². The number of rotatable bonds is 6. The Bertz CT molecular complexity index is 772. The largest absolute Gasteiger partial charge is 0.492 e. The molecule has 6 heteroatoms. The summed E-state index contributed by atoms with van der Waals surface area (Å²) in [5.41, 5.74) is 9.92. The first-order valence-electron chi connectivity index (χ1n) is 8.08. The molecule has 0 unspecified atom stereocenters. The molecule has 2 aromatic carbocycles. The Labute approximate surface area is 148 Å². The van der Waals surface area contributed by atoms with Crippen molar-refractivity contribution in [1.29, 1.82) is 0 Å². The summed E-state index contributed by atoms with van der Waals surface area (Å²) in [5, 5.41) is 5.78. The topological polar surface area (TPSA) is 88.7 Å². The van der Waals surface area contributed by atoms with E-state index < -0.39 is 0 Å². The third-order valence-corrected chi connectivity index (χ3v) is 3.58. The van der Waals surface area contributed by atoms with Crippen LogP contribution in [-0.2, 0) is 4.79 Å². The van der Waals surface area contributed by atoms with E-state index in [9.17, 15) is 4.79 Å². The van der Waals surface area contributed by atoms with Crippen molar-refractivity contribution in [2.75, 3.05) is 23.8 Å². The predicted molar refractivity (Wildman–Crippen MR) is 102 cm³/mol. The van der Waals surface area contributed by atoms with E-state index in [1.165, 1.54) is 18.1 Å². The van der Waals surface area contributed by atoms with Crippen LogP contribution in [0.1, 0.15) is 18.1 Å². The molecule has 132 valence electrons. The molecule has 2 aromatic rings. The summed E-state index contributed by atoms with van der Waals surface area (Å²) in [5.74, 6) is 0.896. The lowest BCUT2D eigenvalue weighted by atomic mass is 10.1. The Morgan fingerprint density at radius 1 is 1.08 bits per heavy atom. The molecule has 0 atom stereocenters. The average Bonchev–Trinajstić information content (AvgIpc) is 2.55. The third-order valence-electron chi connectivity index (χ3n) is 3.58. The average molecular weight is 340 g/mol. The van der Waals surface area contributed by atoms with E-state index in [1.54, 1.807) is 12.1 Å². The molecule has 0 aliphatic rings. The number of hydrogen-bond donors (Lipinski definition) is 3. The van der Waals surface area contributed by atoms with Gasteiger partial charge in [0.15, 0.2) is 5.96 Å². The van der Waals surface area contributed by atoms with Gasteiger partial charge in [0.05, 0.1) is 6.54 Å². The summed E-state index contributed by atoms with van der Waals surface area (Å²) < 4.78 is 5.62. The highest BCUT2D eigenvalue weighted by Crippen LogP contribution is 2.17. The van der Waals surface area contributed by atoms with E-state index in [0.717, 1.165) is 5.69 Å². The molecule has 0 saturated heterocycles. The fraction of sp³-hybridized carbons (Fsp3) is 0.263. The van der Waals surface area contributed by atoms with Crippen LogP contribution in [-0.4, -0.2) is 25.0 Å². The Morgan fingerprint density at radius 2 is 1.84 bits per heavy atom. The molecule has 4 N–H and O–H groups in total. The smallest absolute Gasteiger partial charge is 0.221 e. The van der Waals surface area contributed by atoms with Gasteiger partial charge in [-0.3, -0.25) is 4.79 Å². The number of aryl methyl sites for hydroxylation is 2. The van der Waals surface area contributed by atoms with Crippen LogP contribution in [0.15, 0.2) is 47.5 Å². The van der Waals surface area contributed by atoms with Gasteiger partial charge in [-0.15, -0.1) is 0 Å². The van der Waals surface area contributed by atoms with Crippen molar-refractivity contribution in [3.63, 3.8) is 0 Å². The molecule has 0 radical (unpaired) electrons. The Kier molecular flexibility index (Phi) is 6.39. The first kappa shape index (κ1) is 18.3. The van der Waals surface area contributed by atoms with E-state index in [1.807, 2.05) is 30.3 Å². The number of hydrogen-bond acceptors (Lipinski definition) is 3. The van der Waals surface area contributed by atoms with Gasteiger partial charge in [-0.2, -0.15) is 0 Å². The van der Waals surface area contributed by atoms with Crippen LogP contribution >= 0.6 is 0 Å². The van der Waals surface area contributed by atoms with Crippen molar-refractivity contribution in [1.82, 2.24) is 0 Å². The summed E-state index contributed by atoms with van der Waals surface area (Å²) >= 11 is 0. The van der Waals surface area contributed by atoms with Gasteiger partial charge < -0.3 is 21.1 Å². The molecule has 0 spiro atoms. The summed E-state index contributed by atoms with van der Waals surface area (Å²) in [6.45, 7) is 6.39. The summed E-state index contributed by atoms with van der Waals surface area (Å²) in [6.07, 6.45) is 0. The van der Waals surface area contributed by atoms with Gasteiger partial charge >= 0.3 is 0 Å². The van der Waals surface area contributed by atoms with Crippen LogP contribution in [0.5, 0.6) is 5.75 Å². The normalized spacial score (nSPS) is 11.1. The number of carbonyl (C=O) groups excluding carboxylic acids is 1. The highest BCUT2D eigenvalue weighted by Gasteiger charge is 2.00. The molecule has 0 heterocycles. The van der Waals surface area contributed by atoms with Gasteiger partial charge in [0.25, 0.3) is 0 Å². The number of carbonyl (C=O) groups is 1. The fourth-order valence-corrected chi connectivity index (χ4v) is 2.20. The maximum Gasteiger partial charge on any atom is 0.221 e. The van der Waals surface area contributed by atoms with Gasteiger partial charge in [0, 0.05) is 24.4 Å². The zero-order chi connectivity index (χ0) is 18.2. The SMILES string of the molecule is CC(=O)Nc1cccc(OCCN=C(N)Nc2ccc(C)c(C)c2)c1. The Hall–Kier alpha value is -3.02. The molecule has 2 rings (SSSR count). The molecule has 25 heavy (non-hydrogen) atoms. The summed E-state index contributed by atoms with van der Waals surface area (Å²) in [7, 11) is 0. The van der Waals surface area contributed by atoms with Crippen molar-refractivity contribution in [2.45, 2.75) is 20.8 Å². The van der Waals surface area contributed by atoms with Crippen molar-refractivity contribution >= 4 is 23.2 Å². The quantitative estimate of drug-likeness (QED) is 0.428. The van der Waals surface area contributed by atoms with E-state index in [0.29, 0.717) is 30.5 Å². The number of benzene rings is 2. The number of anilines is 2. The lowest BCUT2D eigenvalue weighted by molar-refractivity contribution is -0.114. The van der Waals surface area contributed by atoms with Crippen LogP contribution in [0.25, 0.3) is 0 Å². The second-order valence-electron chi connectivity index (χ2n) is 5.75. The number of amides is 1. The number of aliphatic imine (C=N–C) groups is 1. The second kappa shape index (κ2) is 8.73. The van der Waals surface area contributed by atoms with E-state index >= 15 is 0 Å². The van der Waals surface area contributed by atoms with Crippen LogP contribution in [0.4, 0.5) is 11.4 Å². The zero-order valence-electron chi connectivity index (χ0n) is 14.8. The van der Waals surface area contributed by atoms with Gasteiger partial charge in [-0.1, -0.05) is 12.1 Å². The minimum absolute atomic E-state index is 0.119. The third kappa shape index (κ3) is 6.18. The summed E-state index contributed by atoms with van der Waals surface area (Å²) in [4.78, 5) is 15.3. The number of guanidine groups is 1. The van der Waals surface area contributed by atoms with Crippen molar-refractivity contribution in [2.24, 2.45) is 10.7 Å². The maximum atomic E-state index is 11.1. The fourth-order valence-electron chi connectivity index (χ4n) is 2.20. The monoisotopic (exact) mass is 340 g/mol. The van der Waals surface area contributed by atoms with Crippen molar-refractivity contribution in [3.05, 3.63) is 53.6 Å². The molecular weight excluding hydrogens is 316 g/mol. The highest BCUT2D eigenvalue weighted by molar-refractivity contribution is 5.92. The molecule has 0 aliphatic heterocycles. The maximum absolute atomic E-state index is 11.1. The van der Waals surface area contributed by atoms with Gasteiger partial charge in [0.2, 0.25) is 5.91 Å². The van der Waals surface area contributed by atoms with E-state index in [2.05, 4.69) is 29.5 Å². The second-order valence-corrected chi connectivity index (χ2v) is 5.75. The first-order valence-corrected chi connectivity index (χ1v) is 8.08. The number of nitrogens with one attached hydrogen (secondary N) is 2. The molecule has 0 saturated carbocycles.